The van der Waals surface area contributed by atoms with Gasteiger partial charge in [-0.25, -0.2) is 0 Å². The second-order valence-corrected chi connectivity index (χ2v) is 6.95. The van der Waals surface area contributed by atoms with Gasteiger partial charge >= 0.3 is 5.88 Å². The van der Waals surface area contributed by atoms with E-state index in [1.807, 2.05) is 12.1 Å². The topological polar surface area (TPSA) is 79.8 Å². The maximum atomic E-state index is 12.3. The van der Waals surface area contributed by atoms with Crippen molar-refractivity contribution in [3.8, 4) is 0 Å². The Morgan fingerprint density at radius 2 is 1.93 bits per heavy atom. The largest absolute Gasteiger partial charge is 0.433 e. The van der Waals surface area contributed by atoms with Crippen LogP contribution in [-0.2, 0) is 11.3 Å². The molecule has 3 rings (SSSR count). The lowest BCUT2D eigenvalue weighted by molar-refractivity contribution is -0.402. The molecule has 2 aromatic rings. The minimum atomic E-state index is -0.620. The molecule has 0 atom stereocenters. The van der Waals surface area contributed by atoms with E-state index >= 15 is 0 Å². The van der Waals surface area contributed by atoms with Crippen LogP contribution in [0.25, 0.3) is 6.08 Å². The van der Waals surface area contributed by atoms with Crippen molar-refractivity contribution in [1.82, 2.24) is 9.80 Å². The van der Waals surface area contributed by atoms with Gasteiger partial charge < -0.3 is 9.32 Å². The summed E-state index contributed by atoms with van der Waals surface area (Å²) in [5, 5.41) is 11.8. The van der Waals surface area contributed by atoms with Gasteiger partial charge in [0, 0.05) is 48.8 Å². The van der Waals surface area contributed by atoms with Crippen LogP contribution >= 0.6 is 23.2 Å². The third-order valence-corrected chi connectivity index (χ3v) is 4.86. The van der Waals surface area contributed by atoms with Gasteiger partial charge in [-0.05, 0) is 29.8 Å². The van der Waals surface area contributed by atoms with Gasteiger partial charge in [0.15, 0.2) is 0 Å². The van der Waals surface area contributed by atoms with Gasteiger partial charge in [-0.15, -0.1) is 0 Å². The second kappa shape index (κ2) is 8.56. The Bertz CT molecular complexity index is 873. The molecule has 1 amide bonds. The Morgan fingerprint density at radius 1 is 1.19 bits per heavy atom. The maximum Gasteiger partial charge on any atom is 0.433 e. The Morgan fingerprint density at radius 3 is 2.56 bits per heavy atom. The van der Waals surface area contributed by atoms with Gasteiger partial charge in [-0.2, -0.15) is 0 Å². The highest BCUT2D eigenvalue weighted by Crippen LogP contribution is 2.23. The van der Waals surface area contributed by atoms with Crippen LogP contribution in [-0.4, -0.2) is 46.8 Å². The molecule has 0 N–H and O–H groups in total. The monoisotopic (exact) mass is 409 g/mol. The lowest BCUT2D eigenvalue weighted by Crippen LogP contribution is -2.47. The van der Waals surface area contributed by atoms with E-state index in [1.54, 1.807) is 11.0 Å². The second-order valence-electron chi connectivity index (χ2n) is 6.10. The quantitative estimate of drug-likeness (QED) is 0.425. The fourth-order valence-corrected chi connectivity index (χ4v) is 3.27. The van der Waals surface area contributed by atoms with E-state index in [0.29, 0.717) is 29.7 Å². The Labute approximate surface area is 165 Å². The number of rotatable bonds is 5. The summed E-state index contributed by atoms with van der Waals surface area (Å²) in [6.45, 7) is 3.33. The zero-order valence-corrected chi connectivity index (χ0v) is 15.8. The van der Waals surface area contributed by atoms with Crippen molar-refractivity contribution in [3.63, 3.8) is 0 Å². The summed E-state index contributed by atoms with van der Waals surface area (Å²) in [5.74, 6) is -0.235. The number of halogens is 2. The average molecular weight is 410 g/mol. The fraction of sp³-hybridized carbons (Fsp3) is 0.278. The van der Waals surface area contributed by atoms with Crippen molar-refractivity contribution in [2.45, 2.75) is 6.54 Å². The summed E-state index contributed by atoms with van der Waals surface area (Å²) in [5.41, 5.74) is 1.00. The number of carbonyl (C=O) groups is 1. The molecule has 1 aromatic heterocycles. The lowest BCUT2D eigenvalue weighted by Gasteiger charge is -2.34. The number of benzene rings is 1. The zero-order valence-electron chi connectivity index (χ0n) is 14.3. The first kappa shape index (κ1) is 19.4. The number of furan rings is 1. The van der Waals surface area contributed by atoms with E-state index in [4.69, 9.17) is 27.6 Å². The molecule has 0 saturated carbocycles. The maximum absolute atomic E-state index is 12.3. The van der Waals surface area contributed by atoms with Crippen molar-refractivity contribution in [2.75, 3.05) is 26.2 Å². The van der Waals surface area contributed by atoms with Crippen LogP contribution in [0.1, 0.15) is 11.3 Å². The summed E-state index contributed by atoms with van der Waals surface area (Å²) in [6, 6.07) is 8.16. The van der Waals surface area contributed by atoms with Gasteiger partial charge in [0.05, 0.1) is 6.07 Å². The molecule has 7 nitrogen and oxygen atoms in total. The molecule has 1 fully saturated rings. The molecule has 0 spiro atoms. The number of nitro groups is 1. The summed E-state index contributed by atoms with van der Waals surface area (Å²) >= 11 is 12.1. The van der Waals surface area contributed by atoms with Crippen molar-refractivity contribution >= 4 is 41.1 Å². The van der Waals surface area contributed by atoms with Gasteiger partial charge in [0.1, 0.15) is 10.7 Å². The van der Waals surface area contributed by atoms with E-state index in [1.165, 1.54) is 24.3 Å². The minimum absolute atomic E-state index is 0.154. The molecule has 1 aromatic carbocycles. The smallest absolute Gasteiger partial charge is 0.401 e. The number of nitrogens with zero attached hydrogens (tertiary/aromatic N) is 3. The normalized spacial score (nSPS) is 15.4. The van der Waals surface area contributed by atoms with Gasteiger partial charge in [0.25, 0.3) is 0 Å². The molecule has 1 aliphatic heterocycles. The molecule has 2 heterocycles. The predicted molar refractivity (Wildman–Crippen MR) is 103 cm³/mol. The van der Waals surface area contributed by atoms with E-state index in [-0.39, 0.29) is 17.6 Å². The van der Waals surface area contributed by atoms with Crippen molar-refractivity contribution in [3.05, 3.63) is 67.9 Å². The van der Waals surface area contributed by atoms with E-state index in [2.05, 4.69) is 4.90 Å². The van der Waals surface area contributed by atoms with Gasteiger partial charge in [0.2, 0.25) is 5.91 Å². The van der Waals surface area contributed by atoms with Gasteiger partial charge in [-0.1, -0.05) is 29.3 Å². The third-order valence-electron chi connectivity index (χ3n) is 4.28. The first-order valence-corrected chi connectivity index (χ1v) is 9.05. The van der Waals surface area contributed by atoms with Crippen LogP contribution in [0.2, 0.25) is 10.0 Å². The molecule has 27 heavy (non-hydrogen) atoms. The highest BCUT2D eigenvalue weighted by molar-refractivity contribution is 6.35. The zero-order chi connectivity index (χ0) is 19.4. The minimum Gasteiger partial charge on any atom is -0.401 e. The molecule has 9 heteroatoms. The first-order chi connectivity index (χ1) is 12.9. The number of amides is 1. The standard InChI is InChI=1S/C18H17Cl2N3O4/c19-14-2-1-13(16(20)11-14)12-21-7-9-22(10-8-21)17(24)5-3-15-4-6-18(27-15)23(25)26/h1-6,11H,7-10,12H2/b5-3+. The van der Waals surface area contributed by atoms with E-state index in [0.717, 1.165) is 18.7 Å². The molecule has 0 unspecified atom stereocenters. The molecule has 0 bridgehead atoms. The summed E-state index contributed by atoms with van der Waals surface area (Å²) in [4.78, 5) is 26.2. The highest BCUT2D eigenvalue weighted by Gasteiger charge is 2.20. The third kappa shape index (κ3) is 5.09. The number of piperazine rings is 1. The first-order valence-electron chi connectivity index (χ1n) is 8.30. The van der Waals surface area contributed by atoms with E-state index in [9.17, 15) is 14.9 Å². The number of hydrogen-bond donors (Lipinski definition) is 0. The van der Waals surface area contributed by atoms with Crippen molar-refractivity contribution in [2.24, 2.45) is 0 Å². The van der Waals surface area contributed by atoms with Crippen LogP contribution < -0.4 is 0 Å². The van der Waals surface area contributed by atoms with Crippen LogP contribution in [0.3, 0.4) is 0 Å². The van der Waals surface area contributed by atoms with Crippen LogP contribution in [0.5, 0.6) is 0 Å². The summed E-state index contributed by atoms with van der Waals surface area (Å²) < 4.78 is 5.00. The predicted octanol–water partition coefficient (Wildman–Crippen LogP) is 3.85. The lowest BCUT2D eigenvalue weighted by atomic mass is 10.2. The Kier molecular flexibility index (Phi) is 6.15. The van der Waals surface area contributed by atoms with Crippen LogP contribution in [0.4, 0.5) is 5.88 Å². The SMILES string of the molecule is O=C(/C=C/c1ccc([N+](=O)[O-])o1)N1CCN(Cc2ccc(Cl)cc2Cl)CC1. The van der Waals surface area contributed by atoms with Crippen LogP contribution in [0, 0.1) is 10.1 Å². The molecule has 1 aliphatic rings. The van der Waals surface area contributed by atoms with E-state index < -0.39 is 4.92 Å². The molecular formula is C18H17Cl2N3O4. The molecular weight excluding hydrogens is 393 g/mol. The summed E-state index contributed by atoms with van der Waals surface area (Å²) in [6.07, 6.45) is 2.81. The molecule has 142 valence electrons. The Balaban J connectivity index is 1.51. The fourth-order valence-electron chi connectivity index (χ4n) is 2.81. The molecule has 0 radical (unpaired) electrons. The van der Waals surface area contributed by atoms with Crippen molar-refractivity contribution < 1.29 is 14.1 Å². The molecule has 0 aliphatic carbocycles. The Hall–Kier alpha value is -2.35. The summed E-state index contributed by atoms with van der Waals surface area (Å²) in [7, 11) is 0. The van der Waals surface area contributed by atoms with Crippen molar-refractivity contribution in [1.29, 1.82) is 0 Å². The van der Waals surface area contributed by atoms with Crippen LogP contribution in [0.15, 0.2) is 40.8 Å². The van der Waals surface area contributed by atoms with Gasteiger partial charge in [-0.3, -0.25) is 19.8 Å². The number of hydrogen-bond acceptors (Lipinski definition) is 5. The average Bonchev–Trinajstić information content (AvgIpc) is 3.12. The highest BCUT2D eigenvalue weighted by atomic mass is 35.5. The number of carbonyl (C=O) groups excluding carboxylic acids is 1. The molecule has 1 saturated heterocycles.